The van der Waals surface area contributed by atoms with Crippen LogP contribution in [-0.2, 0) is 6.54 Å². The number of hydrazine groups is 1. The zero-order valence-corrected chi connectivity index (χ0v) is 11.3. The molecule has 0 radical (unpaired) electrons. The molecule has 1 atom stereocenters. The Bertz CT molecular complexity index is 343. The highest BCUT2D eigenvalue weighted by Gasteiger charge is 2.20. The second kappa shape index (κ2) is 6.85. The molecule has 1 aromatic rings. The van der Waals surface area contributed by atoms with E-state index in [0.29, 0.717) is 0 Å². The lowest BCUT2D eigenvalue weighted by atomic mass is 9.97. The summed E-state index contributed by atoms with van der Waals surface area (Å²) < 4.78 is 1.97. The SMILES string of the molecule is CCCn1nncc1C(CCC1CCCC1)NN. The summed E-state index contributed by atoms with van der Waals surface area (Å²) in [5.41, 5.74) is 4.05. The fourth-order valence-corrected chi connectivity index (χ4v) is 2.94. The van der Waals surface area contributed by atoms with Gasteiger partial charge in [-0.1, -0.05) is 37.8 Å². The number of hydrogen-bond acceptors (Lipinski definition) is 4. The molecule has 0 amide bonds. The molecule has 2 rings (SSSR count). The summed E-state index contributed by atoms with van der Waals surface area (Å²) in [4.78, 5) is 0. The third-order valence-electron chi connectivity index (χ3n) is 3.98. The molecule has 5 heteroatoms. The van der Waals surface area contributed by atoms with E-state index in [4.69, 9.17) is 5.84 Å². The van der Waals surface area contributed by atoms with Crippen LogP contribution in [0.4, 0.5) is 0 Å². The molecule has 1 saturated carbocycles. The molecular formula is C13H25N5. The van der Waals surface area contributed by atoms with Crippen LogP contribution in [0.1, 0.15) is 63.6 Å². The zero-order valence-electron chi connectivity index (χ0n) is 11.3. The Balaban J connectivity index is 1.91. The Hall–Kier alpha value is -0.940. The summed E-state index contributed by atoms with van der Waals surface area (Å²) >= 11 is 0. The molecule has 5 nitrogen and oxygen atoms in total. The monoisotopic (exact) mass is 251 g/mol. The lowest BCUT2D eigenvalue weighted by molar-refractivity contribution is 0.395. The molecule has 0 spiro atoms. The molecule has 0 saturated heterocycles. The molecular weight excluding hydrogens is 226 g/mol. The Morgan fingerprint density at radius 3 is 2.94 bits per heavy atom. The molecule has 102 valence electrons. The summed E-state index contributed by atoms with van der Waals surface area (Å²) in [5, 5.41) is 8.13. The van der Waals surface area contributed by atoms with Crippen molar-refractivity contribution >= 4 is 0 Å². The Morgan fingerprint density at radius 1 is 1.50 bits per heavy atom. The van der Waals surface area contributed by atoms with Crippen LogP contribution in [0.3, 0.4) is 0 Å². The van der Waals surface area contributed by atoms with Crippen molar-refractivity contribution in [3.63, 3.8) is 0 Å². The van der Waals surface area contributed by atoms with Gasteiger partial charge in [0.2, 0.25) is 0 Å². The summed E-state index contributed by atoms with van der Waals surface area (Å²) in [6.45, 7) is 3.06. The minimum atomic E-state index is 0.187. The van der Waals surface area contributed by atoms with Crippen LogP contribution in [0.15, 0.2) is 6.20 Å². The minimum absolute atomic E-state index is 0.187. The van der Waals surface area contributed by atoms with Crippen LogP contribution in [0.5, 0.6) is 0 Å². The molecule has 18 heavy (non-hydrogen) atoms. The quantitative estimate of drug-likeness (QED) is 0.575. The van der Waals surface area contributed by atoms with Crippen LogP contribution in [0.25, 0.3) is 0 Å². The van der Waals surface area contributed by atoms with Gasteiger partial charge in [0.25, 0.3) is 0 Å². The largest absolute Gasteiger partial charge is 0.271 e. The van der Waals surface area contributed by atoms with Crippen LogP contribution >= 0.6 is 0 Å². The van der Waals surface area contributed by atoms with Crippen molar-refractivity contribution in [3.8, 4) is 0 Å². The predicted octanol–water partition coefficient (Wildman–Crippen LogP) is 2.16. The number of nitrogens with one attached hydrogen (secondary N) is 1. The van der Waals surface area contributed by atoms with Crippen molar-refractivity contribution in [1.82, 2.24) is 20.4 Å². The van der Waals surface area contributed by atoms with E-state index in [1.165, 1.54) is 32.1 Å². The highest BCUT2D eigenvalue weighted by molar-refractivity contribution is 5.01. The average Bonchev–Trinajstić information content (AvgIpc) is 3.02. The van der Waals surface area contributed by atoms with Gasteiger partial charge in [0.1, 0.15) is 0 Å². The molecule has 0 aromatic carbocycles. The van der Waals surface area contributed by atoms with E-state index in [1.54, 1.807) is 0 Å². The Labute approximate surface area is 109 Å². The second-order valence-electron chi connectivity index (χ2n) is 5.33. The molecule has 0 aliphatic heterocycles. The first-order valence-electron chi connectivity index (χ1n) is 7.19. The highest BCUT2D eigenvalue weighted by atomic mass is 15.4. The average molecular weight is 251 g/mol. The van der Waals surface area contributed by atoms with Crippen LogP contribution in [0.2, 0.25) is 0 Å². The van der Waals surface area contributed by atoms with E-state index in [9.17, 15) is 0 Å². The molecule has 1 aromatic heterocycles. The van der Waals surface area contributed by atoms with Crippen molar-refractivity contribution in [1.29, 1.82) is 0 Å². The lowest BCUT2D eigenvalue weighted by Gasteiger charge is -2.18. The van der Waals surface area contributed by atoms with E-state index in [-0.39, 0.29) is 6.04 Å². The number of rotatable bonds is 7. The van der Waals surface area contributed by atoms with E-state index in [1.807, 2.05) is 10.9 Å². The van der Waals surface area contributed by atoms with Gasteiger partial charge in [-0.05, 0) is 25.2 Å². The Kier molecular flexibility index (Phi) is 5.13. The van der Waals surface area contributed by atoms with Crippen molar-refractivity contribution < 1.29 is 0 Å². The van der Waals surface area contributed by atoms with Gasteiger partial charge in [-0.3, -0.25) is 11.3 Å². The molecule has 1 heterocycles. The van der Waals surface area contributed by atoms with Crippen LogP contribution in [-0.4, -0.2) is 15.0 Å². The molecule has 1 aliphatic rings. The number of hydrogen-bond donors (Lipinski definition) is 2. The lowest BCUT2D eigenvalue weighted by Crippen LogP contribution is -2.30. The number of nitrogens with zero attached hydrogens (tertiary/aromatic N) is 3. The summed E-state index contributed by atoms with van der Waals surface area (Å²) in [5.74, 6) is 6.59. The molecule has 1 fully saturated rings. The van der Waals surface area contributed by atoms with Crippen LogP contribution in [0, 0.1) is 5.92 Å². The first-order valence-corrected chi connectivity index (χ1v) is 7.19. The van der Waals surface area contributed by atoms with E-state index >= 15 is 0 Å². The van der Waals surface area contributed by atoms with Gasteiger partial charge in [0.05, 0.1) is 17.9 Å². The molecule has 3 N–H and O–H groups in total. The predicted molar refractivity (Wildman–Crippen MR) is 71.6 cm³/mol. The van der Waals surface area contributed by atoms with E-state index in [0.717, 1.165) is 31.0 Å². The zero-order chi connectivity index (χ0) is 12.8. The first kappa shape index (κ1) is 13.5. The van der Waals surface area contributed by atoms with Gasteiger partial charge in [-0.25, -0.2) is 4.68 Å². The van der Waals surface area contributed by atoms with Crippen molar-refractivity contribution in [2.45, 2.75) is 64.5 Å². The van der Waals surface area contributed by atoms with Gasteiger partial charge >= 0.3 is 0 Å². The summed E-state index contributed by atoms with van der Waals surface area (Å²) in [6, 6.07) is 0.187. The van der Waals surface area contributed by atoms with Crippen molar-refractivity contribution in [2.75, 3.05) is 0 Å². The van der Waals surface area contributed by atoms with Crippen molar-refractivity contribution in [2.24, 2.45) is 11.8 Å². The maximum absolute atomic E-state index is 5.69. The summed E-state index contributed by atoms with van der Waals surface area (Å²) in [7, 11) is 0. The molecule has 1 unspecified atom stereocenters. The fraction of sp³-hybridized carbons (Fsp3) is 0.846. The standard InChI is InChI=1S/C13H25N5/c1-2-9-18-13(10-15-17-18)12(16-14)8-7-11-5-3-4-6-11/h10-12,16H,2-9,14H2,1H3. The van der Waals surface area contributed by atoms with Crippen LogP contribution < -0.4 is 11.3 Å². The van der Waals surface area contributed by atoms with Gasteiger partial charge in [0, 0.05) is 6.54 Å². The number of aromatic nitrogens is 3. The second-order valence-corrected chi connectivity index (χ2v) is 5.33. The minimum Gasteiger partial charge on any atom is -0.271 e. The first-order chi connectivity index (χ1) is 8.85. The number of aryl methyl sites for hydroxylation is 1. The maximum Gasteiger partial charge on any atom is 0.0770 e. The smallest absolute Gasteiger partial charge is 0.0770 e. The van der Waals surface area contributed by atoms with Gasteiger partial charge in [-0.2, -0.15) is 0 Å². The topological polar surface area (TPSA) is 68.8 Å². The maximum atomic E-state index is 5.69. The number of nitrogens with two attached hydrogens (primary N) is 1. The normalized spacial score (nSPS) is 18.3. The molecule has 1 aliphatic carbocycles. The van der Waals surface area contributed by atoms with E-state index in [2.05, 4.69) is 22.7 Å². The third-order valence-corrected chi connectivity index (χ3v) is 3.98. The summed E-state index contributed by atoms with van der Waals surface area (Å²) in [6.07, 6.45) is 10.8. The third kappa shape index (κ3) is 3.29. The molecule has 0 bridgehead atoms. The van der Waals surface area contributed by atoms with Gasteiger partial charge < -0.3 is 0 Å². The van der Waals surface area contributed by atoms with Gasteiger partial charge in [-0.15, -0.1) is 5.10 Å². The van der Waals surface area contributed by atoms with Gasteiger partial charge in [0.15, 0.2) is 0 Å². The highest BCUT2D eigenvalue weighted by Crippen LogP contribution is 2.31. The fourth-order valence-electron chi connectivity index (χ4n) is 2.94. The van der Waals surface area contributed by atoms with Crippen molar-refractivity contribution in [3.05, 3.63) is 11.9 Å². The Morgan fingerprint density at radius 2 is 2.28 bits per heavy atom. The van der Waals surface area contributed by atoms with E-state index < -0.39 is 0 Å².